The van der Waals surface area contributed by atoms with Crippen LogP contribution in [0.3, 0.4) is 0 Å². The number of hydrogen-bond donors (Lipinski definition) is 3. The SMILES string of the molecule is C/C(=C\C=C\[C@@H](C)CNC(=O)C1CCCC1)[C@H]1OC(=O)C[C@@H](O)CC[C@](C)(O)[C@H](OC(=O)N2CCN(C3CCCCCC3)CC2)/C=C/[C@@H]1C. The molecule has 2 heterocycles. The third-order valence-electron chi connectivity index (χ3n) is 11.0. The quantitative estimate of drug-likeness (QED) is 0.129. The molecule has 4 aliphatic rings. The molecule has 10 nitrogen and oxygen atoms in total. The Bertz CT molecular complexity index is 1160. The van der Waals surface area contributed by atoms with Crippen molar-refractivity contribution in [2.75, 3.05) is 32.7 Å². The van der Waals surface area contributed by atoms with Crippen LogP contribution in [-0.2, 0) is 19.1 Å². The molecular formula is C39H63N3O7. The molecular weight excluding hydrogens is 622 g/mol. The topological polar surface area (TPSA) is 129 Å². The van der Waals surface area contributed by atoms with E-state index in [9.17, 15) is 24.6 Å². The number of rotatable bonds is 8. The Morgan fingerprint density at radius 3 is 2.37 bits per heavy atom. The summed E-state index contributed by atoms with van der Waals surface area (Å²) in [6.07, 6.45) is 18.3. The minimum absolute atomic E-state index is 0.123. The molecule has 276 valence electrons. The predicted octanol–water partition coefficient (Wildman–Crippen LogP) is 5.68. The van der Waals surface area contributed by atoms with Gasteiger partial charge in [0, 0.05) is 50.6 Å². The zero-order chi connectivity index (χ0) is 35.4. The number of esters is 1. The number of carbonyl (C=O) groups is 3. The third-order valence-corrected chi connectivity index (χ3v) is 11.0. The summed E-state index contributed by atoms with van der Waals surface area (Å²) in [6.45, 7) is 10.8. The molecule has 0 aromatic rings. The molecule has 0 radical (unpaired) electrons. The lowest BCUT2D eigenvalue weighted by molar-refractivity contribution is -0.151. The average Bonchev–Trinajstić information content (AvgIpc) is 3.49. The van der Waals surface area contributed by atoms with Gasteiger partial charge in [-0.15, -0.1) is 0 Å². The van der Waals surface area contributed by atoms with Gasteiger partial charge in [-0.1, -0.05) is 76.7 Å². The fraction of sp³-hybridized carbons (Fsp3) is 0.769. The van der Waals surface area contributed by atoms with Crippen molar-refractivity contribution in [2.45, 2.75) is 141 Å². The van der Waals surface area contributed by atoms with Crippen molar-refractivity contribution < 1.29 is 34.1 Å². The zero-order valence-corrected chi connectivity index (χ0v) is 30.5. The number of aliphatic hydroxyl groups is 2. The van der Waals surface area contributed by atoms with Gasteiger partial charge in [-0.2, -0.15) is 0 Å². The van der Waals surface area contributed by atoms with Gasteiger partial charge in [0.25, 0.3) is 0 Å². The summed E-state index contributed by atoms with van der Waals surface area (Å²) < 4.78 is 11.9. The minimum Gasteiger partial charge on any atom is -0.457 e. The first kappa shape index (κ1) is 39.1. The van der Waals surface area contributed by atoms with Crippen molar-refractivity contribution in [2.24, 2.45) is 17.8 Å². The van der Waals surface area contributed by atoms with Gasteiger partial charge in [-0.25, -0.2) is 4.79 Å². The molecule has 0 unspecified atom stereocenters. The van der Waals surface area contributed by atoms with E-state index in [1.807, 2.05) is 45.1 Å². The van der Waals surface area contributed by atoms with Crippen LogP contribution in [0.5, 0.6) is 0 Å². The molecule has 0 bridgehead atoms. The molecule has 6 atom stereocenters. The van der Waals surface area contributed by atoms with Crippen LogP contribution in [0.25, 0.3) is 0 Å². The molecule has 2 amide bonds. The van der Waals surface area contributed by atoms with Gasteiger partial charge in [-0.3, -0.25) is 14.5 Å². The second kappa shape index (κ2) is 19.1. The van der Waals surface area contributed by atoms with E-state index < -0.39 is 36.0 Å². The molecule has 2 aliphatic heterocycles. The van der Waals surface area contributed by atoms with Crippen molar-refractivity contribution in [3.05, 3.63) is 36.0 Å². The Morgan fingerprint density at radius 1 is 1.04 bits per heavy atom. The van der Waals surface area contributed by atoms with Crippen molar-refractivity contribution in [3.8, 4) is 0 Å². The van der Waals surface area contributed by atoms with Crippen LogP contribution in [0.1, 0.15) is 111 Å². The Morgan fingerprint density at radius 2 is 1.69 bits per heavy atom. The number of aliphatic hydroxyl groups excluding tert-OH is 1. The highest BCUT2D eigenvalue weighted by atomic mass is 16.6. The summed E-state index contributed by atoms with van der Waals surface area (Å²) >= 11 is 0. The van der Waals surface area contributed by atoms with E-state index in [2.05, 4.69) is 10.2 Å². The van der Waals surface area contributed by atoms with Crippen molar-refractivity contribution in [1.82, 2.24) is 15.1 Å². The van der Waals surface area contributed by atoms with Crippen LogP contribution in [0.2, 0.25) is 0 Å². The number of hydrogen-bond acceptors (Lipinski definition) is 8. The van der Waals surface area contributed by atoms with E-state index in [4.69, 9.17) is 9.47 Å². The molecule has 4 rings (SSSR count). The van der Waals surface area contributed by atoms with Gasteiger partial charge >= 0.3 is 12.1 Å². The van der Waals surface area contributed by atoms with E-state index in [1.165, 1.54) is 38.5 Å². The number of amides is 2. The average molecular weight is 686 g/mol. The summed E-state index contributed by atoms with van der Waals surface area (Å²) in [6, 6.07) is 0.593. The molecule has 0 aromatic carbocycles. The lowest BCUT2D eigenvalue weighted by Crippen LogP contribution is -2.53. The number of ether oxygens (including phenoxy) is 2. The largest absolute Gasteiger partial charge is 0.457 e. The summed E-state index contributed by atoms with van der Waals surface area (Å²) in [7, 11) is 0. The normalized spacial score (nSPS) is 32.1. The van der Waals surface area contributed by atoms with Crippen LogP contribution in [-0.4, -0.2) is 101 Å². The maximum Gasteiger partial charge on any atom is 0.410 e. The highest BCUT2D eigenvalue weighted by Crippen LogP contribution is 2.29. The lowest BCUT2D eigenvalue weighted by atomic mass is 9.89. The van der Waals surface area contributed by atoms with E-state index >= 15 is 0 Å². The maximum atomic E-state index is 13.4. The van der Waals surface area contributed by atoms with Gasteiger partial charge < -0.3 is 29.9 Å². The van der Waals surface area contributed by atoms with Crippen molar-refractivity contribution in [1.29, 1.82) is 0 Å². The van der Waals surface area contributed by atoms with E-state index in [1.54, 1.807) is 17.9 Å². The van der Waals surface area contributed by atoms with Crippen LogP contribution in [0, 0.1) is 17.8 Å². The molecule has 1 saturated heterocycles. The van der Waals surface area contributed by atoms with E-state index in [0.717, 1.165) is 44.3 Å². The predicted molar refractivity (Wildman–Crippen MR) is 191 cm³/mol. The van der Waals surface area contributed by atoms with E-state index in [-0.39, 0.29) is 42.9 Å². The molecule has 49 heavy (non-hydrogen) atoms. The first-order chi connectivity index (χ1) is 23.4. The number of nitrogens with one attached hydrogen (secondary N) is 1. The zero-order valence-electron chi connectivity index (χ0n) is 30.5. The van der Waals surface area contributed by atoms with Gasteiger partial charge in [-0.05, 0) is 69.9 Å². The van der Waals surface area contributed by atoms with Crippen molar-refractivity contribution in [3.63, 3.8) is 0 Å². The molecule has 10 heteroatoms. The molecule has 2 saturated carbocycles. The number of carbonyl (C=O) groups excluding carboxylic acids is 3. The Kier molecular flexibility index (Phi) is 15.2. The Hall–Kier alpha value is -2.69. The fourth-order valence-electron chi connectivity index (χ4n) is 7.68. The summed E-state index contributed by atoms with van der Waals surface area (Å²) in [5.74, 6) is -0.418. The molecule has 3 N–H and O–H groups in total. The second-order valence-corrected chi connectivity index (χ2v) is 15.4. The van der Waals surface area contributed by atoms with Gasteiger partial charge in [0.1, 0.15) is 11.7 Å². The van der Waals surface area contributed by atoms with Gasteiger partial charge in [0.05, 0.1) is 12.5 Å². The number of piperazine rings is 1. The number of nitrogens with zero attached hydrogens (tertiary/aromatic N) is 2. The number of cyclic esters (lactones) is 1. The Balaban J connectivity index is 1.40. The van der Waals surface area contributed by atoms with Gasteiger partial charge in [0.15, 0.2) is 6.10 Å². The summed E-state index contributed by atoms with van der Waals surface area (Å²) in [5, 5.41) is 25.3. The summed E-state index contributed by atoms with van der Waals surface area (Å²) in [4.78, 5) is 43.0. The van der Waals surface area contributed by atoms with E-state index in [0.29, 0.717) is 25.7 Å². The van der Waals surface area contributed by atoms with Crippen LogP contribution in [0.15, 0.2) is 36.0 Å². The molecule has 3 fully saturated rings. The second-order valence-electron chi connectivity index (χ2n) is 15.4. The highest BCUT2D eigenvalue weighted by molar-refractivity contribution is 5.78. The standard InChI is InChI=1S/C39H63N3O7/c1-28(27-40-37(45)31-14-9-10-15-31)12-11-13-29(2)36-30(3)18-19-34(39(4,47)21-20-33(43)26-35(44)49-36)48-38(46)42-24-22-41(23-25-42)32-16-7-5-6-8-17-32/h11-13,18-19,28,30-34,36,43,47H,5-10,14-17,20-27H2,1-4H3,(H,40,45)/b12-11+,19-18+,29-13+/t28-,30+,33+,34-,36-,39+/m1/s1. The van der Waals surface area contributed by atoms with Crippen molar-refractivity contribution >= 4 is 18.0 Å². The lowest BCUT2D eigenvalue weighted by Gasteiger charge is -2.40. The smallest absolute Gasteiger partial charge is 0.410 e. The van der Waals surface area contributed by atoms with Crippen LogP contribution in [0.4, 0.5) is 4.79 Å². The first-order valence-electron chi connectivity index (χ1n) is 19.0. The Labute approximate surface area is 294 Å². The van der Waals surface area contributed by atoms with Crippen LogP contribution >= 0.6 is 0 Å². The fourth-order valence-corrected chi connectivity index (χ4v) is 7.68. The highest BCUT2D eigenvalue weighted by Gasteiger charge is 2.37. The number of allylic oxidation sites excluding steroid dienone is 2. The molecule has 0 spiro atoms. The first-order valence-corrected chi connectivity index (χ1v) is 19.0. The molecule has 0 aromatic heterocycles. The van der Waals surface area contributed by atoms with Crippen LogP contribution < -0.4 is 5.32 Å². The third kappa shape index (κ3) is 12.2. The summed E-state index contributed by atoms with van der Waals surface area (Å²) in [5.41, 5.74) is -0.646. The minimum atomic E-state index is -1.45. The van der Waals surface area contributed by atoms with Gasteiger partial charge in [0.2, 0.25) is 5.91 Å². The maximum absolute atomic E-state index is 13.4. The monoisotopic (exact) mass is 685 g/mol. The molecule has 2 aliphatic carbocycles.